The zero-order valence-corrected chi connectivity index (χ0v) is 17.7. The average molecular weight is 410 g/mol. The van der Waals surface area contributed by atoms with Gasteiger partial charge < -0.3 is 26.8 Å². The van der Waals surface area contributed by atoms with E-state index < -0.39 is 0 Å². The summed E-state index contributed by atoms with van der Waals surface area (Å²) in [6.07, 6.45) is 2.14. The fourth-order valence-corrected chi connectivity index (χ4v) is 3.63. The van der Waals surface area contributed by atoms with E-state index in [1.807, 2.05) is 16.8 Å². The lowest BCUT2D eigenvalue weighted by molar-refractivity contribution is -0.00000654. The van der Waals surface area contributed by atoms with Crippen LogP contribution in [0.3, 0.4) is 0 Å². The van der Waals surface area contributed by atoms with Crippen LogP contribution in [0.15, 0.2) is 24.3 Å². The Hall–Kier alpha value is -1.90. The van der Waals surface area contributed by atoms with Gasteiger partial charge in [0.05, 0.1) is 26.3 Å². The van der Waals surface area contributed by atoms with Crippen molar-refractivity contribution in [3.05, 3.63) is 30.1 Å². The molecule has 1 aromatic carbocycles. The highest BCUT2D eigenvalue weighted by molar-refractivity contribution is 5.51. The second kappa shape index (κ2) is 11.2. The van der Waals surface area contributed by atoms with Crippen LogP contribution in [0.25, 0.3) is 0 Å². The van der Waals surface area contributed by atoms with Crippen LogP contribution in [-0.4, -0.2) is 72.1 Å². The minimum Gasteiger partial charge on any atom is -1.00 e. The molecular formula is C19H30ClN6O2-. The minimum atomic E-state index is 0. The molecule has 2 aromatic rings. The standard InChI is InChI=1S/C19H30N6O2.ClH/c1-4-6-18(19-20-21-22-25(19)13-14-26-2)24-11-9-23(10-12-24)16-7-5-8-17(15-16)27-3;/h5,7-8,15,18H,4,6,9-14H2,1-3H3;1H/p-1. The van der Waals surface area contributed by atoms with Gasteiger partial charge in [-0.15, -0.1) is 5.10 Å². The van der Waals surface area contributed by atoms with Crippen molar-refractivity contribution in [2.24, 2.45) is 0 Å². The van der Waals surface area contributed by atoms with Crippen molar-refractivity contribution in [2.45, 2.75) is 32.4 Å². The quantitative estimate of drug-likeness (QED) is 0.526. The van der Waals surface area contributed by atoms with Gasteiger partial charge in [-0.25, -0.2) is 4.68 Å². The van der Waals surface area contributed by atoms with Crippen LogP contribution < -0.4 is 22.0 Å². The molecule has 0 radical (unpaired) electrons. The van der Waals surface area contributed by atoms with Crippen molar-refractivity contribution in [1.29, 1.82) is 0 Å². The molecule has 0 spiro atoms. The van der Waals surface area contributed by atoms with E-state index in [0.717, 1.165) is 50.6 Å². The highest BCUT2D eigenvalue weighted by Gasteiger charge is 2.28. The van der Waals surface area contributed by atoms with Gasteiger partial charge in [-0.1, -0.05) is 19.4 Å². The third-order valence-electron chi connectivity index (χ3n) is 5.10. The molecule has 8 nitrogen and oxygen atoms in total. The highest BCUT2D eigenvalue weighted by Crippen LogP contribution is 2.27. The Bertz CT molecular complexity index is 705. The summed E-state index contributed by atoms with van der Waals surface area (Å²) in [6.45, 7) is 7.43. The molecule has 1 atom stereocenters. The number of anilines is 1. The van der Waals surface area contributed by atoms with Gasteiger partial charge in [0.25, 0.3) is 0 Å². The smallest absolute Gasteiger partial charge is 0.168 e. The maximum atomic E-state index is 5.36. The first-order valence-corrected chi connectivity index (χ1v) is 9.64. The van der Waals surface area contributed by atoms with E-state index in [2.05, 4.69) is 44.4 Å². The molecule has 9 heteroatoms. The number of methoxy groups -OCH3 is 2. The SMILES string of the molecule is CCCC(c1nnnn1CCOC)N1CCN(c2cccc(OC)c2)CC1.[Cl-]. The Morgan fingerprint density at radius 2 is 1.93 bits per heavy atom. The summed E-state index contributed by atoms with van der Waals surface area (Å²) in [7, 11) is 3.41. The van der Waals surface area contributed by atoms with Crippen molar-refractivity contribution in [3.8, 4) is 5.75 Å². The second-order valence-corrected chi connectivity index (χ2v) is 6.78. The number of piperazine rings is 1. The molecule has 0 amide bonds. The summed E-state index contributed by atoms with van der Waals surface area (Å²) >= 11 is 0. The topological polar surface area (TPSA) is 68.5 Å². The van der Waals surface area contributed by atoms with Gasteiger partial charge in [0, 0.05) is 45.0 Å². The summed E-state index contributed by atoms with van der Waals surface area (Å²) in [5, 5.41) is 12.4. The molecule has 1 fully saturated rings. The zero-order valence-electron chi connectivity index (χ0n) is 16.9. The Labute approximate surface area is 173 Å². The van der Waals surface area contributed by atoms with Crippen molar-refractivity contribution in [3.63, 3.8) is 0 Å². The molecule has 1 aliphatic heterocycles. The number of hydrogen-bond acceptors (Lipinski definition) is 7. The maximum absolute atomic E-state index is 5.36. The first kappa shape index (κ1) is 22.4. The van der Waals surface area contributed by atoms with E-state index in [1.165, 1.54) is 5.69 Å². The zero-order chi connectivity index (χ0) is 19.1. The first-order chi connectivity index (χ1) is 13.3. The lowest BCUT2D eigenvalue weighted by atomic mass is 10.1. The van der Waals surface area contributed by atoms with Crippen LogP contribution in [0.5, 0.6) is 5.75 Å². The Balaban J connectivity index is 0.00000280. The fraction of sp³-hybridized carbons (Fsp3) is 0.632. The van der Waals surface area contributed by atoms with E-state index >= 15 is 0 Å². The van der Waals surface area contributed by atoms with E-state index in [4.69, 9.17) is 9.47 Å². The van der Waals surface area contributed by atoms with Crippen LogP contribution in [-0.2, 0) is 11.3 Å². The summed E-state index contributed by atoms with van der Waals surface area (Å²) in [4.78, 5) is 4.92. The van der Waals surface area contributed by atoms with Gasteiger partial charge in [-0.05, 0) is 29.0 Å². The van der Waals surface area contributed by atoms with E-state index in [0.29, 0.717) is 13.2 Å². The molecule has 2 heterocycles. The van der Waals surface area contributed by atoms with E-state index in [-0.39, 0.29) is 18.4 Å². The normalized spacial score (nSPS) is 15.9. The minimum absolute atomic E-state index is 0. The lowest BCUT2D eigenvalue weighted by Crippen LogP contribution is -3.00. The molecule has 156 valence electrons. The number of nitrogens with zero attached hydrogens (tertiary/aromatic N) is 6. The Kier molecular flexibility index (Phi) is 8.95. The molecule has 0 aliphatic carbocycles. The van der Waals surface area contributed by atoms with Crippen molar-refractivity contribution < 1.29 is 21.9 Å². The summed E-state index contributed by atoms with van der Waals surface area (Å²) in [5.41, 5.74) is 1.21. The predicted molar refractivity (Wildman–Crippen MR) is 104 cm³/mol. The number of tetrazole rings is 1. The molecule has 1 unspecified atom stereocenters. The van der Waals surface area contributed by atoms with Gasteiger partial charge in [0.2, 0.25) is 0 Å². The van der Waals surface area contributed by atoms with Gasteiger partial charge in [-0.2, -0.15) is 0 Å². The van der Waals surface area contributed by atoms with Crippen LogP contribution >= 0.6 is 0 Å². The van der Waals surface area contributed by atoms with Crippen molar-refractivity contribution in [2.75, 3.05) is 51.9 Å². The number of ether oxygens (including phenoxy) is 2. The monoisotopic (exact) mass is 409 g/mol. The molecule has 1 aromatic heterocycles. The molecule has 3 rings (SSSR count). The molecule has 1 aliphatic rings. The molecule has 0 N–H and O–H groups in total. The second-order valence-electron chi connectivity index (χ2n) is 6.78. The van der Waals surface area contributed by atoms with Crippen molar-refractivity contribution >= 4 is 5.69 Å². The average Bonchev–Trinajstić information content (AvgIpc) is 3.19. The predicted octanol–water partition coefficient (Wildman–Crippen LogP) is -1.00. The van der Waals surface area contributed by atoms with Crippen LogP contribution in [0.2, 0.25) is 0 Å². The number of aromatic nitrogens is 4. The van der Waals surface area contributed by atoms with Gasteiger partial charge in [-0.3, -0.25) is 4.90 Å². The molecule has 28 heavy (non-hydrogen) atoms. The van der Waals surface area contributed by atoms with Crippen molar-refractivity contribution in [1.82, 2.24) is 25.1 Å². The van der Waals surface area contributed by atoms with E-state index in [1.54, 1.807) is 14.2 Å². The molecule has 1 saturated heterocycles. The Morgan fingerprint density at radius 1 is 1.14 bits per heavy atom. The van der Waals surface area contributed by atoms with Gasteiger partial charge in [0.15, 0.2) is 5.82 Å². The number of benzene rings is 1. The van der Waals surface area contributed by atoms with Gasteiger partial charge in [0.1, 0.15) is 5.75 Å². The fourth-order valence-electron chi connectivity index (χ4n) is 3.63. The Morgan fingerprint density at radius 3 is 2.61 bits per heavy atom. The third kappa shape index (κ3) is 5.33. The molecular weight excluding hydrogens is 380 g/mol. The van der Waals surface area contributed by atoms with E-state index in [9.17, 15) is 0 Å². The molecule has 0 bridgehead atoms. The maximum Gasteiger partial charge on any atom is 0.168 e. The van der Waals surface area contributed by atoms with Crippen LogP contribution in [0, 0.1) is 0 Å². The first-order valence-electron chi connectivity index (χ1n) is 9.64. The number of halogens is 1. The largest absolute Gasteiger partial charge is 1.00 e. The van der Waals surface area contributed by atoms with Crippen LogP contribution in [0.4, 0.5) is 5.69 Å². The van der Waals surface area contributed by atoms with Crippen LogP contribution in [0.1, 0.15) is 31.6 Å². The summed E-state index contributed by atoms with van der Waals surface area (Å²) in [5.74, 6) is 1.85. The third-order valence-corrected chi connectivity index (χ3v) is 5.10. The number of rotatable bonds is 9. The highest BCUT2D eigenvalue weighted by atomic mass is 35.5. The lowest BCUT2D eigenvalue weighted by Gasteiger charge is -2.39. The molecule has 0 saturated carbocycles. The number of hydrogen-bond donors (Lipinski definition) is 0. The van der Waals surface area contributed by atoms with Gasteiger partial charge >= 0.3 is 0 Å². The summed E-state index contributed by atoms with van der Waals surface area (Å²) < 4.78 is 12.4. The summed E-state index contributed by atoms with van der Waals surface area (Å²) in [6, 6.07) is 8.52.